The number of H-pyrrole nitrogens is 1. The summed E-state index contributed by atoms with van der Waals surface area (Å²) in [6.45, 7) is 10.4. The molecule has 3 amide bonds. The zero-order valence-electron chi connectivity index (χ0n) is 16.7. The smallest absolute Gasteiger partial charge is 0.340 e. The first-order valence-corrected chi connectivity index (χ1v) is 9.05. The summed E-state index contributed by atoms with van der Waals surface area (Å²) in [4.78, 5) is 53.6. The van der Waals surface area contributed by atoms with Gasteiger partial charge in [-0.2, -0.15) is 0 Å². The number of aryl methyl sites for hydroxylation is 1. The highest BCUT2D eigenvalue weighted by molar-refractivity contribution is 6.11. The number of imide groups is 1. The van der Waals surface area contributed by atoms with E-state index >= 15 is 0 Å². The number of esters is 1. The summed E-state index contributed by atoms with van der Waals surface area (Å²) in [5, 5.41) is 2.69. The molecule has 2 N–H and O–H groups in total. The molecule has 1 atom stereocenters. The van der Waals surface area contributed by atoms with E-state index < -0.39 is 29.2 Å². The fourth-order valence-electron chi connectivity index (χ4n) is 3.61. The zero-order chi connectivity index (χ0) is 20.5. The Hall–Kier alpha value is -2.64. The summed E-state index contributed by atoms with van der Waals surface area (Å²) < 4.78 is 5.02. The molecule has 0 aromatic carbocycles. The van der Waals surface area contributed by atoms with Gasteiger partial charge in [-0.25, -0.2) is 9.59 Å². The monoisotopic (exact) mass is 377 g/mol. The lowest BCUT2D eigenvalue weighted by molar-refractivity contribution is -0.131. The van der Waals surface area contributed by atoms with Crippen LogP contribution in [-0.2, 0) is 9.53 Å². The molecule has 8 heteroatoms. The maximum atomic E-state index is 12.7. The molecule has 1 aliphatic heterocycles. The third-order valence-corrected chi connectivity index (χ3v) is 4.66. The largest absolute Gasteiger partial charge is 0.462 e. The van der Waals surface area contributed by atoms with E-state index in [4.69, 9.17) is 4.74 Å². The summed E-state index contributed by atoms with van der Waals surface area (Å²) in [7, 11) is 0. The van der Waals surface area contributed by atoms with Crippen LogP contribution in [0.1, 0.15) is 66.2 Å². The van der Waals surface area contributed by atoms with Crippen molar-refractivity contribution < 1.29 is 23.9 Å². The van der Waals surface area contributed by atoms with Crippen molar-refractivity contribution in [3.05, 3.63) is 22.5 Å². The average molecular weight is 377 g/mol. The highest BCUT2D eigenvalue weighted by Gasteiger charge is 2.48. The van der Waals surface area contributed by atoms with Crippen molar-refractivity contribution in [2.45, 2.75) is 53.5 Å². The van der Waals surface area contributed by atoms with Crippen molar-refractivity contribution >= 4 is 23.7 Å². The predicted octanol–water partition coefficient (Wildman–Crippen LogP) is 2.35. The molecule has 0 saturated carbocycles. The molecule has 0 radical (unpaired) electrons. The average Bonchev–Trinajstić information content (AvgIpc) is 2.95. The van der Waals surface area contributed by atoms with Gasteiger partial charge in [0.05, 0.1) is 24.4 Å². The first kappa shape index (κ1) is 20.7. The van der Waals surface area contributed by atoms with Crippen molar-refractivity contribution in [3.8, 4) is 0 Å². The highest BCUT2D eigenvalue weighted by atomic mass is 16.5. The minimum Gasteiger partial charge on any atom is -0.462 e. The summed E-state index contributed by atoms with van der Waals surface area (Å²) in [5.41, 5.74) is 0.460. The van der Waals surface area contributed by atoms with E-state index in [0.29, 0.717) is 23.2 Å². The summed E-state index contributed by atoms with van der Waals surface area (Å²) in [6.07, 6.45) is 0.482. The highest BCUT2D eigenvalue weighted by Crippen LogP contribution is 2.26. The summed E-state index contributed by atoms with van der Waals surface area (Å²) in [5.74, 6) is -1.16. The molecule has 1 aromatic rings. The third-order valence-electron chi connectivity index (χ3n) is 4.66. The van der Waals surface area contributed by atoms with E-state index in [-0.39, 0.29) is 24.8 Å². The maximum absolute atomic E-state index is 12.7. The van der Waals surface area contributed by atoms with E-state index in [1.54, 1.807) is 27.7 Å². The quantitative estimate of drug-likeness (QED) is 0.431. The Morgan fingerprint density at radius 2 is 1.85 bits per heavy atom. The molecule has 148 valence electrons. The van der Waals surface area contributed by atoms with E-state index in [1.807, 2.05) is 13.8 Å². The summed E-state index contributed by atoms with van der Waals surface area (Å²) >= 11 is 0. The Morgan fingerprint density at radius 3 is 2.41 bits per heavy atom. The number of hydrogen-bond acceptors (Lipinski definition) is 5. The number of aromatic nitrogens is 1. The molecular weight excluding hydrogens is 350 g/mol. The molecule has 2 heterocycles. The Labute approximate surface area is 158 Å². The molecule has 27 heavy (non-hydrogen) atoms. The number of hydrogen-bond donors (Lipinski definition) is 2. The van der Waals surface area contributed by atoms with Crippen molar-refractivity contribution in [1.29, 1.82) is 0 Å². The standard InChI is InChI=1S/C19H27N3O5/c1-7-27-16(24)14-11(4)15(20-12(14)5)13(23)9-22-17(25)19(6,8-10(2)3)21-18(22)26/h10,20H,7-9H2,1-6H3,(H,21,26)/t19-/m1/s1. The van der Waals surface area contributed by atoms with Gasteiger partial charge in [0.15, 0.2) is 5.78 Å². The Bertz CT molecular complexity index is 796. The number of rotatable bonds is 7. The van der Waals surface area contributed by atoms with Crippen LogP contribution in [0, 0.1) is 19.8 Å². The second-order valence-corrected chi connectivity index (χ2v) is 7.52. The number of aromatic amines is 1. The first-order chi connectivity index (χ1) is 12.5. The van der Waals surface area contributed by atoms with Gasteiger partial charge in [0.1, 0.15) is 5.54 Å². The molecule has 1 aromatic heterocycles. The topological polar surface area (TPSA) is 109 Å². The van der Waals surface area contributed by atoms with Gasteiger partial charge in [0, 0.05) is 5.69 Å². The van der Waals surface area contributed by atoms with E-state index in [0.717, 1.165) is 4.90 Å². The number of amides is 3. The van der Waals surface area contributed by atoms with E-state index in [9.17, 15) is 19.2 Å². The van der Waals surface area contributed by atoms with Gasteiger partial charge in [0.2, 0.25) is 0 Å². The molecule has 0 aliphatic carbocycles. The van der Waals surface area contributed by atoms with Crippen LogP contribution in [0.4, 0.5) is 4.79 Å². The Kier molecular flexibility index (Phi) is 5.77. The SMILES string of the molecule is CCOC(=O)c1c(C)[nH]c(C(=O)CN2C(=O)N[C@](C)(CC(C)C)C2=O)c1C. The lowest BCUT2D eigenvalue weighted by Gasteiger charge is -2.23. The number of nitrogens with one attached hydrogen (secondary N) is 2. The molecule has 1 aliphatic rings. The lowest BCUT2D eigenvalue weighted by atomic mass is 9.91. The van der Waals surface area contributed by atoms with Gasteiger partial charge < -0.3 is 15.0 Å². The number of ketones is 1. The van der Waals surface area contributed by atoms with Crippen LogP contribution in [0.5, 0.6) is 0 Å². The van der Waals surface area contributed by atoms with Crippen LogP contribution in [0.3, 0.4) is 0 Å². The van der Waals surface area contributed by atoms with E-state index in [1.165, 1.54) is 0 Å². The van der Waals surface area contributed by atoms with Crippen LogP contribution < -0.4 is 5.32 Å². The predicted molar refractivity (Wildman–Crippen MR) is 98.7 cm³/mol. The van der Waals surface area contributed by atoms with Gasteiger partial charge in [-0.05, 0) is 45.6 Å². The van der Waals surface area contributed by atoms with Crippen LogP contribution in [0.25, 0.3) is 0 Å². The van der Waals surface area contributed by atoms with E-state index in [2.05, 4.69) is 10.3 Å². The number of nitrogens with zero attached hydrogens (tertiary/aromatic N) is 1. The number of carbonyl (C=O) groups is 4. The van der Waals surface area contributed by atoms with Gasteiger partial charge in [-0.1, -0.05) is 13.8 Å². The fraction of sp³-hybridized carbons (Fsp3) is 0.579. The van der Waals surface area contributed by atoms with Gasteiger partial charge >= 0.3 is 12.0 Å². The number of urea groups is 1. The van der Waals surface area contributed by atoms with Crippen molar-refractivity contribution in [1.82, 2.24) is 15.2 Å². The normalized spacial score (nSPS) is 19.6. The molecule has 1 saturated heterocycles. The number of Topliss-reactive ketones (excluding diaryl/α,β-unsaturated/α-hetero) is 1. The second-order valence-electron chi connectivity index (χ2n) is 7.52. The van der Waals surface area contributed by atoms with Crippen LogP contribution in [0.2, 0.25) is 0 Å². The molecule has 0 unspecified atom stereocenters. The fourth-order valence-corrected chi connectivity index (χ4v) is 3.61. The lowest BCUT2D eigenvalue weighted by Crippen LogP contribution is -2.45. The Balaban J connectivity index is 2.23. The molecule has 2 rings (SSSR count). The minimum atomic E-state index is -1.01. The van der Waals surface area contributed by atoms with Gasteiger partial charge in [-0.3, -0.25) is 14.5 Å². The third kappa shape index (κ3) is 3.89. The van der Waals surface area contributed by atoms with Crippen LogP contribution >= 0.6 is 0 Å². The zero-order valence-corrected chi connectivity index (χ0v) is 16.7. The molecule has 1 fully saturated rings. The summed E-state index contributed by atoms with van der Waals surface area (Å²) in [6, 6.07) is -0.581. The molecule has 0 bridgehead atoms. The minimum absolute atomic E-state index is 0.202. The molecular formula is C19H27N3O5. The van der Waals surface area contributed by atoms with Crippen molar-refractivity contribution in [2.24, 2.45) is 5.92 Å². The van der Waals surface area contributed by atoms with Crippen LogP contribution in [-0.4, -0.2) is 52.3 Å². The van der Waals surface area contributed by atoms with Gasteiger partial charge in [0.25, 0.3) is 5.91 Å². The van der Waals surface area contributed by atoms with Gasteiger partial charge in [-0.15, -0.1) is 0 Å². The molecule has 8 nitrogen and oxygen atoms in total. The van der Waals surface area contributed by atoms with Crippen molar-refractivity contribution in [2.75, 3.05) is 13.2 Å². The number of carbonyl (C=O) groups excluding carboxylic acids is 4. The second kappa shape index (κ2) is 7.54. The Morgan fingerprint density at radius 1 is 1.22 bits per heavy atom. The maximum Gasteiger partial charge on any atom is 0.340 e. The van der Waals surface area contributed by atoms with Crippen molar-refractivity contribution in [3.63, 3.8) is 0 Å². The van der Waals surface area contributed by atoms with Crippen LogP contribution in [0.15, 0.2) is 0 Å². The first-order valence-electron chi connectivity index (χ1n) is 9.05. The number of ether oxygens (including phenoxy) is 1. The molecule has 0 spiro atoms.